The second-order valence-electron chi connectivity index (χ2n) is 4.53. The van der Waals surface area contributed by atoms with E-state index < -0.39 is 31.4 Å². The molecule has 0 heterocycles. The molecular formula is C11H18F3NO3. The molecule has 7 heteroatoms. The van der Waals surface area contributed by atoms with Gasteiger partial charge in [0.25, 0.3) is 0 Å². The molecule has 0 aromatic rings. The number of carbonyl (C=O) groups excluding carboxylic acids is 1. The van der Waals surface area contributed by atoms with E-state index in [-0.39, 0.29) is 6.04 Å². The number of halogens is 3. The zero-order chi connectivity index (χ0) is 13.8. The van der Waals surface area contributed by atoms with Crippen molar-refractivity contribution < 1.29 is 27.8 Å². The Labute approximate surface area is 104 Å². The lowest BCUT2D eigenvalue weighted by Gasteiger charge is -2.35. The van der Waals surface area contributed by atoms with Gasteiger partial charge in [-0.2, -0.15) is 13.2 Å². The van der Waals surface area contributed by atoms with E-state index in [1.54, 1.807) is 0 Å². The molecule has 0 spiro atoms. The molecule has 1 aliphatic rings. The van der Waals surface area contributed by atoms with E-state index in [4.69, 9.17) is 0 Å². The van der Waals surface area contributed by atoms with Gasteiger partial charge in [0.15, 0.2) is 0 Å². The zero-order valence-electron chi connectivity index (χ0n) is 10.2. The van der Waals surface area contributed by atoms with Crippen molar-refractivity contribution in [3.8, 4) is 0 Å². The number of nitrogens with zero attached hydrogens (tertiary/aromatic N) is 1. The molecule has 0 aliphatic heterocycles. The fourth-order valence-corrected chi connectivity index (χ4v) is 2.08. The van der Waals surface area contributed by atoms with Crippen LogP contribution in [0.15, 0.2) is 0 Å². The van der Waals surface area contributed by atoms with Crippen molar-refractivity contribution in [1.82, 2.24) is 4.90 Å². The van der Waals surface area contributed by atoms with Gasteiger partial charge >= 0.3 is 6.18 Å². The third kappa shape index (κ3) is 4.81. The Morgan fingerprint density at radius 2 is 2.00 bits per heavy atom. The summed E-state index contributed by atoms with van der Waals surface area (Å²) in [5.74, 6) is -0.537. The highest BCUT2D eigenvalue weighted by Gasteiger charge is 2.31. The highest BCUT2D eigenvalue weighted by molar-refractivity contribution is 5.77. The molecule has 1 amide bonds. The third-order valence-electron chi connectivity index (χ3n) is 3.08. The standard InChI is InChI=1S/C11H18F3NO3/c1-15(8-4-2-3-5-9(8)16)10(17)6-18-7-11(12,13)14/h8-9,16H,2-7H2,1H3. The molecule has 106 valence electrons. The number of rotatable bonds is 4. The lowest BCUT2D eigenvalue weighted by molar-refractivity contribution is -0.178. The Balaban J connectivity index is 2.36. The molecule has 1 fully saturated rings. The van der Waals surface area contributed by atoms with Crippen molar-refractivity contribution in [1.29, 1.82) is 0 Å². The number of carbonyl (C=O) groups is 1. The summed E-state index contributed by atoms with van der Waals surface area (Å²) < 4.78 is 39.8. The van der Waals surface area contributed by atoms with Crippen LogP contribution < -0.4 is 0 Å². The Morgan fingerprint density at radius 1 is 1.39 bits per heavy atom. The maximum atomic E-state index is 11.8. The van der Waals surface area contributed by atoms with Crippen LogP contribution in [0, 0.1) is 0 Å². The van der Waals surface area contributed by atoms with Crippen molar-refractivity contribution in [2.45, 2.75) is 44.0 Å². The van der Waals surface area contributed by atoms with Crippen LogP contribution in [-0.2, 0) is 9.53 Å². The van der Waals surface area contributed by atoms with Crippen molar-refractivity contribution >= 4 is 5.91 Å². The first-order valence-electron chi connectivity index (χ1n) is 5.89. The van der Waals surface area contributed by atoms with Gasteiger partial charge < -0.3 is 14.7 Å². The summed E-state index contributed by atoms with van der Waals surface area (Å²) in [6.07, 6.45) is -1.93. The highest BCUT2D eigenvalue weighted by Crippen LogP contribution is 2.22. The minimum atomic E-state index is -4.43. The van der Waals surface area contributed by atoms with Crippen LogP contribution in [0.2, 0.25) is 0 Å². The summed E-state index contributed by atoms with van der Waals surface area (Å²) in [7, 11) is 1.48. The van der Waals surface area contributed by atoms with Gasteiger partial charge in [-0.1, -0.05) is 12.8 Å². The van der Waals surface area contributed by atoms with E-state index >= 15 is 0 Å². The van der Waals surface area contributed by atoms with Gasteiger partial charge in [0.2, 0.25) is 5.91 Å². The van der Waals surface area contributed by atoms with Gasteiger partial charge in [-0.15, -0.1) is 0 Å². The van der Waals surface area contributed by atoms with E-state index in [1.165, 1.54) is 11.9 Å². The Hall–Kier alpha value is -0.820. The molecule has 0 saturated heterocycles. The SMILES string of the molecule is CN(C(=O)COCC(F)(F)F)C1CCCCC1O. The molecule has 2 unspecified atom stereocenters. The van der Waals surface area contributed by atoms with E-state index in [1.807, 2.05) is 0 Å². The Kier molecular flexibility index (Phi) is 5.40. The van der Waals surface area contributed by atoms with Crippen LogP contribution in [-0.4, -0.2) is 54.5 Å². The van der Waals surface area contributed by atoms with Crippen molar-refractivity contribution in [2.75, 3.05) is 20.3 Å². The highest BCUT2D eigenvalue weighted by atomic mass is 19.4. The molecule has 1 N–H and O–H groups in total. The number of alkyl halides is 3. The smallest absolute Gasteiger partial charge is 0.391 e. The van der Waals surface area contributed by atoms with Gasteiger partial charge in [-0.05, 0) is 12.8 Å². The largest absolute Gasteiger partial charge is 0.411 e. The van der Waals surface area contributed by atoms with E-state index in [0.29, 0.717) is 12.8 Å². The molecule has 0 aromatic carbocycles. The van der Waals surface area contributed by atoms with Crippen LogP contribution in [0.3, 0.4) is 0 Å². The lowest BCUT2D eigenvalue weighted by atomic mass is 9.91. The summed E-state index contributed by atoms with van der Waals surface area (Å²) in [4.78, 5) is 12.9. The van der Waals surface area contributed by atoms with Crippen molar-refractivity contribution in [2.24, 2.45) is 0 Å². The topological polar surface area (TPSA) is 49.8 Å². The van der Waals surface area contributed by atoms with E-state index in [2.05, 4.69) is 4.74 Å². The van der Waals surface area contributed by atoms with Crippen LogP contribution >= 0.6 is 0 Å². The van der Waals surface area contributed by atoms with Gasteiger partial charge in [0, 0.05) is 7.05 Å². The fraction of sp³-hybridized carbons (Fsp3) is 0.909. The van der Waals surface area contributed by atoms with Gasteiger partial charge in [-0.25, -0.2) is 0 Å². The fourth-order valence-electron chi connectivity index (χ4n) is 2.08. The molecular weight excluding hydrogens is 251 g/mol. The van der Waals surface area contributed by atoms with E-state index in [9.17, 15) is 23.1 Å². The first kappa shape index (κ1) is 15.2. The summed E-state index contributed by atoms with van der Waals surface area (Å²) in [5, 5.41) is 9.73. The number of amides is 1. The van der Waals surface area contributed by atoms with Crippen LogP contribution in [0.5, 0.6) is 0 Å². The van der Waals surface area contributed by atoms with Crippen LogP contribution in [0.1, 0.15) is 25.7 Å². The predicted molar refractivity (Wildman–Crippen MR) is 57.9 cm³/mol. The maximum Gasteiger partial charge on any atom is 0.411 e. The number of aliphatic hydroxyl groups is 1. The Morgan fingerprint density at radius 3 is 2.56 bits per heavy atom. The summed E-state index contributed by atoms with van der Waals surface area (Å²) in [6, 6.07) is -0.319. The Bertz CT molecular complexity index is 283. The monoisotopic (exact) mass is 269 g/mol. The summed E-state index contributed by atoms with van der Waals surface area (Å²) in [6.45, 7) is -2.04. The van der Waals surface area contributed by atoms with Crippen molar-refractivity contribution in [3.05, 3.63) is 0 Å². The quantitative estimate of drug-likeness (QED) is 0.837. The second-order valence-corrected chi connectivity index (χ2v) is 4.53. The molecule has 1 saturated carbocycles. The molecule has 18 heavy (non-hydrogen) atoms. The number of ether oxygens (including phenoxy) is 1. The number of hydrogen-bond donors (Lipinski definition) is 1. The molecule has 4 nitrogen and oxygen atoms in total. The molecule has 1 aliphatic carbocycles. The van der Waals surface area contributed by atoms with Gasteiger partial charge in [0.05, 0.1) is 12.1 Å². The van der Waals surface area contributed by atoms with Crippen LogP contribution in [0.25, 0.3) is 0 Å². The number of likely N-dealkylation sites (N-methyl/N-ethyl adjacent to an activating group) is 1. The lowest BCUT2D eigenvalue weighted by Crippen LogP contribution is -2.47. The molecule has 2 atom stereocenters. The predicted octanol–water partition coefficient (Wildman–Crippen LogP) is 1.33. The summed E-state index contributed by atoms with van der Waals surface area (Å²) in [5.41, 5.74) is 0. The maximum absolute atomic E-state index is 11.8. The van der Waals surface area contributed by atoms with E-state index in [0.717, 1.165) is 12.8 Å². The van der Waals surface area contributed by atoms with Crippen LogP contribution in [0.4, 0.5) is 13.2 Å². The third-order valence-corrected chi connectivity index (χ3v) is 3.08. The molecule has 0 aromatic heterocycles. The minimum Gasteiger partial charge on any atom is -0.391 e. The average molecular weight is 269 g/mol. The van der Waals surface area contributed by atoms with Crippen molar-refractivity contribution in [3.63, 3.8) is 0 Å². The molecule has 1 rings (SSSR count). The number of hydrogen-bond acceptors (Lipinski definition) is 3. The summed E-state index contributed by atoms with van der Waals surface area (Å²) >= 11 is 0. The zero-order valence-corrected chi connectivity index (χ0v) is 10.2. The first-order valence-corrected chi connectivity index (χ1v) is 5.89. The normalized spacial score (nSPS) is 24.9. The minimum absolute atomic E-state index is 0.319. The number of aliphatic hydroxyl groups excluding tert-OH is 1. The molecule has 0 bridgehead atoms. The van der Waals surface area contributed by atoms with Gasteiger partial charge in [0.1, 0.15) is 13.2 Å². The first-order chi connectivity index (χ1) is 8.31. The second kappa shape index (κ2) is 6.38. The average Bonchev–Trinajstić information content (AvgIpc) is 2.27. The van der Waals surface area contributed by atoms with Gasteiger partial charge in [-0.3, -0.25) is 4.79 Å². The molecule has 0 radical (unpaired) electrons.